The van der Waals surface area contributed by atoms with Crippen molar-refractivity contribution < 1.29 is 14.3 Å². The summed E-state index contributed by atoms with van der Waals surface area (Å²) in [5.41, 5.74) is 0. The molecule has 23 heavy (non-hydrogen) atoms. The van der Waals surface area contributed by atoms with Crippen molar-refractivity contribution in [2.75, 3.05) is 45.9 Å². The molecule has 0 aromatic rings. The van der Waals surface area contributed by atoms with Crippen molar-refractivity contribution >= 4 is 6.03 Å². The second kappa shape index (κ2) is 7.81. The minimum absolute atomic E-state index is 0.0784. The van der Waals surface area contributed by atoms with Gasteiger partial charge in [0.1, 0.15) is 0 Å². The molecule has 132 valence electrons. The van der Waals surface area contributed by atoms with Crippen molar-refractivity contribution in [3.05, 3.63) is 0 Å². The Balaban J connectivity index is 1.38. The van der Waals surface area contributed by atoms with Gasteiger partial charge in [-0.1, -0.05) is 0 Å². The van der Waals surface area contributed by atoms with Gasteiger partial charge in [0, 0.05) is 45.4 Å². The van der Waals surface area contributed by atoms with Crippen molar-refractivity contribution in [3.63, 3.8) is 0 Å². The maximum Gasteiger partial charge on any atom is 0.317 e. The molecule has 1 N–H and O–H groups in total. The predicted octanol–water partition coefficient (Wildman–Crippen LogP) is 1.31. The van der Waals surface area contributed by atoms with Crippen LogP contribution < -0.4 is 5.32 Å². The van der Waals surface area contributed by atoms with E-state index in [9.17, 15) is 4.79 Å². The van der Waals surface area contributed by atoms with Gasteiger partial charge in [0.2, 0.25) is 0 Å². The molecule has 3 saturated heterocycles. The quantitative estimate of drug-likeness (QED) is 0.850. The molecule has 0 radical (unpaired) electrons. The first-order valence-electron chi connectivity index (χ1n) is 9.11. The molecule has 2 amide bonds. The zero-order valence-electron chi connectivity index (χ0n) is 14.5. The largest absolute Gasteiger partial charge is 0.381 e. The summed E-state index contributed by atoms with van der Waals surface area (Å²) in [6, 6.07) is 0.390. The average molecular weight is 325 g/mol. The van der Waals surface area contributed by atoms with E-state index in [1.165, 1.54) is 6.42 Å². The molecule has 0 aromatic carbocycles. The Morgan fingerprint density at radius 1 is 1.13 bits per heavy atom. The van der Waals surface area contributed by atoms with E-state index in [0.717, 1.165) is 45.7 Å². The number of ether oxygens (including phenoxy) is 2. The number of hydrogen-bond acceptors (Lipinski definition) is 4. The first-order valence-corrected chi connectivity index (χ1v) is 9.11. The SMILES string of the molecule is C[C@@H]1CN(C(=O)NC2CCN(C[C@@H]3CCOC3)CC2)C[C@H](C)O1. The first-order chi connectivity index (χ1) is 11.1. The van der Waals surface area contributed by atoms with Crippen molar-refractivity contribution in [2.24, 2.45) is 5.92 Å². The van der Waals surface area contributed by atoms with Gasteiger partial charge in [0.05, 0.1) is 18.8 Å². The third-order valence-electron chi connectivity index (χ3n) is 5.16. The number of carbonyl (C=O) groups is 1. The Bertz CT molecular complexity index is 383. The van der Waals surface area contributed by atoms with Gasteiger partial charge in [0.15, 0.2) is 0 Å². The fourth-order valence-electron chi connectivity index (χ4n) is 3.96. The smallest absolute Gasteiger partial charge is 0.317 e. The lowest BCUT2D eigenvalue weighted by molar-refractivity contribution is -0.0549. The highest BCUT2D eigenvalue weighted by atomic mass is 16.5. The monoisotopic (exact) mass is 325 g/mol. The van der Waals surface area contributed by atoms with Crippen LogP contribution in [0.1, 0.15) is 33.1 Å². The van der Waals surface area contributed by atoms with Crippen LogP contribution in [0.25, 0.3) is 0 Å². The lowest BCUT2D eigenvalue weighted by Gasteiger charge is -2.38. The molecule has 6 nitrogen and oxygen atoms in total. The second-order valence-corrected chi connectivity index (χ2v) is 7.42. The number of likely N-dealkylation sites (tertiary alicyclic amines) is 1. The van der Waals surface area contributed by atoms with E-state index in [0.29, 0.717) is 25.0 Å². The molecule has 0 saturated carbocycles. The first kappa shape index (κ1) is 17.0. The number of nitrogens with zero attached hydrogens (tertiary/aromatic N) is 2. The Kier molecular flexibility index (Phi) is 5.77. The van der Waals surface area contributed by atoms with Gasteiger partial charge < -0.3 is 24.6 Å². The maximum absolute atomic E-state index is 12.4. The summed E-state index contributed by atoms with van der Waals surface area (Å²) in [5, 5.41) is 3.22. The number of carbonyl (C=O) groups excluding carboxylic acids is 1. The molecule has 3 atom stereocenters. The van der Waals surface area contributed by atoms with Crippen molar-refractivity contribution in [2.45, 2.75) is 51.4 Å². The number of piperidine rings is 1. The topological polar surface area (TPSA) is 54.0 Å². The molecular formula is C17H31N3O3. The molecule has 0 aromatic heterocycles. The zero-order valence-corrected chi connectivity index (χ0v) is 14.5. The Labute approximate surface area is 139 Å². The summed E-state index contributed by atoms with van der Waals surface area (Å²) in [6.07, 6.45) is 3.55. The highest BCUT2D eigenvalue weighted by Gasteiger charge is 2.29. The molecule has 0 bridgehead atoms. The van der Waals surface area contributed by atoms with Crippen LogP contribution in [-0.4, -0.2) is 80.0 Å². The zero-order chi connectivity index (χ0) is 16.2. The van der Waals surface area contributed by atoms with Crippen LogP contribution in [-0.2, 0) is 9.47 Å². The minimum Gasteiger partial charge on any atom is -0.381 e. The lowest BCUT2D eigenvalue weighted by atomic mass is 10.0. The number of urea groups is 1. The number of hydrogen-bond donors (Lipinski definition) is 1. The Morgan fingerprint density at radius 2 is 1.83 bits per heavy atom. The van der Waals surface area contributed by atoms with E-state index in [1.807, 2.05) is 18.7 Å². The summed E-state index contributed by atoms with van der Waals surface area (Å²) >= 11 is 0. The van der Waals surface area contributed by atoms with E-state index < -0.39 is 0 Å². The summed E-state index contributed by atoms with van der Waals surface area (Å²) < 4.78 is 11.2. The van der Waals surface area contributed by atoms with Crippen LogP contribution >= 0.6 is 0 Å². The van der Waals surface area contributed by atoms with E-state index >= 15 is 0 Å². The molecule has 0 unspecified atom stereocenters. The van der Waals surface area contributed by atoms with E-state index in [4.69, 9.17) is 9.47 Å². The van der Waals surface area contributed by atoms with E-state index in [-0.39, 0.29) is 18.2 Å². The predicted molar refractivity (Wildman–Crippen MR) is 88.5 cm³/mol. The van der Waals surface area contributed by atoms with Gasteiger partial charge in [-0.25, -0.2) is 4.79 Å². The van der Waals surface area contributed by atoms with Crippen LogP contribution in [0.2, 0.25) is 0 Å². The van der Waals surface area contributed by atoms with Crippen LogP contribution in [0, 0.1) is 5.92 Å². The highest BCUT2D eigenvalue weighted by molar-refractivity contribution is 5.74. The molecule has 3 aliphatic rings. The lowest BCUT2D eigenvalue weighted by Crippen LogP contribution is -2.55. The van der Waals surface area contributed by atoms with E-state index in [2.05, 4.69) is 10.2 Å². The van der Waals surface area contributed by atoms with Crippen molar-refractivity contribution in [1.82, 2.24) is 15.1 Å². The van der Waals surface area contributed by atoms with Gasteiger partial charge in [-0.15, -0.1) is 0 Å². The van der Waals surface area contributed by atoms with Gasteiger partial charge in [-0.2, -0.15) is 0 Å². The molecule has 0 spiro atoms. The normalized spacial score (nSPS) is 33.8. The Morgan fingerprint density at radius 3 is 2.43 bits per heavy atom. The maximum atomic E-state index is 12.4. The van der Waals surface area contributed by atoms with Gasteiger partial charge >= 0.3 is 6.03 Å². The molecular weight excluding hydrogens is 294 g/mol. The molecule has 3 heterocycles. The minimum atomic E-state index is 0.0784. The summed E-state index contributed by atoms with van der Waals surface area (Å²) in [5.74, 6) is 0.706. The van der Waals surface area contributed by atoms with E-state index in [1.54, 1.807) is 0 Å². The summed E-state index contributed by atoms with van der Waals surface area (Å²) in [6.45, 7) is 10.6. The Hall–Kier alpha value is -0.850. The van der Waals surface area contributed by atoms with Crippen molar-refractivity contribution in [1.29, 1.82) is 0 Å². The summed E-state index contributed by atoms with van der Waals surface area (Å²) in [7, 11) is 0. The second-order valence-electron chi connectivity index (χ2n) is 7.42. The van der Waals surface area contributed by atoms with Crippen molar-refractivity contribution in [3.8, 4) is 0 Å². The fourth-order valence-corrected chi connectivity index (χ4v) is 3.96. The van der Waals surface area contributed by atoms with Crippen LogP contribution in [0.3, 0.4) is 0 Å². The third-order valence-corrected chi connectivity index (χ3v) is 5.16. The molecule has 6 heteroatoms. The van der Waals surface area contributed by atoms with Gasteiger partial charge in [-0.05, 0) is 39.0 Å². The molecule has 0 aliphatic carbocycles. The number of nitrogens with one attached hydrogen (secondary N) is 1. The molecule has 3 rings (SSSR count). The molecule has 3 fully saturated rings. The molecule has 3 aliphatic heterocycles. The standard InChI is InChI=1S/C17H31N3O3/c1-13-9-20(10-14(2)23-13)17(21)18-16-3-6-19(7-4-16)11-15-5-8-22-12-15/h13-16H,3-12H2,1-2H3,(H,18,21)/t13-,14+,15-/m0/s1. The average Bonchev–Trinajstić information content (AvgIpc) is 3.01. The van der Waals surface area contributed by atoms with Crippen LogP contribution in [0.15, 0.2) is 0 Å². The van der Waals surface area contributed by atoms with Crippen LogP contribution in [0.5, 0.6) is 0 Å². The highest BCUT2D eigenvalue weighted by Crippen LogP contribution is 2.18. The third kappa shape index (κ3) is 4.81. The fraction of sp³-hybridized carbons (Fsp3) is 0.941. The number of morpholine rings is 1. The summed E-state index contributed by atoms with van der Waals surface area (Å²) in [4.78, 5) is 16.9. The number of amides is 2. The number of rotatable bonds is 3. The van der Waals surface area contributed by atoms with Crippen LogP contribution in [0.4, 0.5) is 4.79 Å². The van der Waals surface area contributed by atoms with Gasteiger partial charge in [0.25, 0.3) is 0 Å². The van der Waals surface area contributed by atoms with Gasteiger partial charge in [-0.3, -0.25) is 0 Å².